The minimum Gasteiger partial charge on any atom is -0.504 e. The number of aryl methyl sites for hydroxylation is 1. The van der Waals surface area contributed by atoms with E-state index in [2.05, 4.69) is 31.0 Å². The minimum atomic E-state index is -0.837. The summed E-state index contributed by atoms with van der Waals surface area (Å²) < 4.78 is 5.35. The molecule has 232 valence electrons. The Morgan fingerprint density at radius 3 is 2.57 bits per heavy atom. The number of aromatic hydroxyl groups is 1. The molecule has 2 aliphatic carbocycles. The zero-order chi connectivity index (χ0) is 30.2. The van der Waals surface area contributed by atoms with Gasteiger partial charge in [0.05, 0.1) is 19.1 Å². The van der Waals surface area contributed by atoms with Crippen molar-refractivity contribution in [3.8, 4) is 23.3 Å². The number of ketones is 2. The molecule has 2 fully saturated rings. The van der Waals surface area contributed by atoms with Gasteiger partial charge in [-0.3, -0.25) is 9.59 Å². The summed E-state index contributed by atoms with van der Waals surface area (Å²) in [6, 6.07) is 3.82. The van der Waals surface area contributed by atoms with E-state index in [4.69, 9.17) is 4.74 Å². The second-order valence-corrected chi connectivity index (χ2v) is 13.4. The molecule has 1 aromatic rings. The van der Waals surface area contributed by atoms with E-state index < -0.39 is 12.0 Å². The van der Waals surface area contributed by atoms with Crippen molar-refractivity contribution in [1.82, 2.24) is 5.32 Å². The van der Waals surface area contributed by atoms with Gasteiger partial charge < -0.3 is 25.4 Å². The number of methoxy groups -OCH3 is 1. The van der Waals surface area contributed by atoms with Gasteiger partial charge >= 0.3 is 0 Å². The van der Waals surface area contributed by atoms with Crippen LogP contribution in [-0.2, 0) is 16.0 Å². The summed E-state index contributed by atoms with van der Waals surface area (Å²) in [5.74, 6) is 7.56. The third-order valence-corrected chi connectivity index (χ3v) is 9.84. The number of hydrogen-bond donors (Lipinski definition) is 4. The number of aliphatic hydroxyl groups is 2. The summed E-state index contributed by atoms with van der Waals surface area (Å²) >= 11 is 0. The summed E-state index contributed by atoms with van der Waals surface area (Å²) in [4.78, 5) is 25.1. The fraction of sp³-hybridized carbons (Fsp3) is 0.714. The molecule has 42 heavy (non-hydrogen) atoms. The van der Waals surface area contributed by atoms with Gasteiger partial charge in [0.1, 0.15) is 11.7 Å². The van der Waals surface area contributed by atoms with Crippen LogP contribution in [0.3, 0.4) is 0 Å². The molecule has 0 unspecified atom stereocenters. The summed E-state index contributed by atoms with van der Waals surface area (Å²) in [6.07, 6.45) is 8.57. The Bertz CT molecular complexity index is 1140. The molecule has 1 saturated carbocycles. The molecule has 4 N–H and O–H groups in total. The molecule has 0 aromatic heterocycles. The van der Waals surface area contributed by atoms with Crippen molar-refractivity contribution in [2.75, 3.05) is 20.3 Å². The normalized spacial score (nSPS) is 27.5. The van der Waals surface area contributed by atoms with Gasteiger partial charge in [-0.1, -0.05) is 45.0 Å². The largest absolute Gasteiger partial charge is 0.504 e. The fourth-order valence-corrected chi connectivity index (χ4v) is 7.23. The van der Waals surface area contributed by atoms with Gasteiger partial charge in [-0.25, -0.2) is 0 Å². The maximum Gasteiger partial charge on any atom is 0.160 e. The summed E-state index contributed by atoms with van der Waals surface area (Å²) in [5, 5.41) is 35.8. The number of ether oxygens (including phenoxy) is 1. The zero-order valence-corrected chi connectivity index (χ0v) is 25.7. The number of carbonyl (C=O) groups is 2. The van der Waals surface area contributed by atoms with E-state index in [1.165, 1.54) is 13.5 Å². The molecule has 7 nitrogen and oxygen atoms in total. The second kappa shape index (κ2) is 15.4. The molecular weight excluding hydrogens is 530 g/mol. The molecule has 1 aromatic carbocycles. The predicted molar refractivity (Wildman–Crippen MR) is 163 cm³/mol. The van der Waals surface area contributed by atoms with E-state index in [-0.39, 0.29) is 36.4 Å². The van der Waals surface area contributed by atoms with Crippen molar-refractivity contribution >= 4 is 11.6 Å². The highest BCUT2D eigenvalue weighted by Gasteiger charge is 2.35. The van der Waals surface area contributed by atoms with Gasteiger partial charge in [-0.15, -0.1) is 0 Å². The van der Waals surface area contributed by atoms with E-state index in [0.717, 1.165) is 62.6 Å². The van der Waals surface area contributed by atoms with Crippen LogP contribution in [0.2, 0.25) is 0 Å². The number of benzene rings is 1. The van der Waals surface area contributed by atoms with E-state index in [1.54, 1.807) is 12.1 Å². The summed E-state index contributed by atoms with van der Waals surface area (Å²) in [6.45, 7) is 5.21. The molecular formula is C35H51NO6. The summed E-state index contributed by atoms with van der Waals surface area (Å²) in [7, 11) is 1.50. The first-order valence-corrected chi connectivity index (χ1v) is 16.2. The van der Waals surface area contributed by atoms with E-state index >= 15 is 0 Å². The Kier molecular flexibility index (Phi) is 11.9. The van der Waals surface area contributed by atoms with Crippen LogP contribution in [0.4, 0.5) is 0 Å². The molecule has 7 atom stereocenters. The molecule has 4 rings (SSSR count). The predicted octanol–water partition coefficient (Wildman–Crippen LogP) is 4.93. The lowest BCUT2D eigenvalue weighted by Crippen LogP contribution is -2.48. The highest BCUT2D eigenvalue weighted by Crippen LogP contribution is 2.39. The monoisotopic (exact) mass is 581 g/mol. The highest BCUT2D eigenvalue weighted by molar-refractivity contribution is 5.85. The van der Waals surface area contributed by atoms with Crippen molar-refractivity contribution in [2.45, 2.75) is 109 Å². The Balaban J connectivity index is 1.42. The number of Topliss-reactive ketones (excluding diaryl/α,β-unsaturated/α-hetero) is 2. The number of fused-ring (bicyclic) bond motifs is 2. The highest BCUT2D eigenvalue weighted by atomic mass is 16.5. The average molecular weight is 582 g/mol. The Morgan fingerprint density at radius 2 is 1.83 bits per heavy atom. The van der Waals surface area contributed by atoms with Crippen LogP contribution < -0.4 is 10.1 Å². The third-order valence-electron chi connectivity index (χ3n) is 9.84. The number of rotatable bonds is 12. The smallest absolute Gasteiger partial charge is 0.160 e. The quantitative estimate of drug-likeness (QED) is 0.204. The maximum atomic E-state index is 13.4. The molecule has 1 heterocycles. The van der Waals surface area contributed by atoms with Gasteiger partial charge in [0.25, 0.3) is 0 Å². The van der Waals surface area contributed by atoms with Crippen LogP contribution in [0.1, 0.15) is 102 Å². The Hall–Kier alpha value is -2.40. The topological polar surface area (TPSA) is 116 Å². The van der Waals surface area contributed by atoms with Gasteiger partial charge in [0.2, 0.25) is 0 Å². The molecule has 7 heteroatoms. The van der Waals surface area contributed by atoms with E-state index in [9.17, 15) is 24.9 Å². The number of nitrogens with one attached hydrogen (secondary N) is 1. The van der Waals surface area contributed by atoms with Gasteiger partial charge in [0.15, 0.2) is 17.3 Å². The minimum absolute atomic E-state index is 0.0198. The van der Waals surface area contributed by atoms with Crippen molar-refractivity contribution in [2.24, 2.45) is 29.6 Å². The van der Waals surface area contributed by atoms with Crippen LogP contribution in [0.15, 0.2) is 12.1 Å². The van der Waals surface area contributed by atoms with Crippen molar-refractivity contribution in [3.63, 3.8) is 0 Å². The number of phenols is 1. The molecule has 1 saturated heterocycles. The number of carbonyl (C=O) groups excluding carboxylic acids is 2. The maximum absolute atomic E-state index is 13.4. The van der Waals surface area contributed by atoms with Crippen molar-refractivity contribution < 1.29 is 29.6 Å². The van der Waals surface area contributed by atoms with Crippen LogP contribution >= 0.6 is 0 Å². The average Bonchev–Trinajstić information content (AvgIpc) is 3.03. The molecule has 0 amide bonds. The Labute approximate surface area is 251 Å². The van der Waals surface area contributed by atoms with Crippen LogP contribution in [0, 0.1) is 41.4 Å². The lowest BCUT2D eigenvalue weighted by molar-refractivity contribution is -0.124. The molecule has 3 aliphatic rings. The second-order valence-electron chi connectivity index (χ2n) is 13.4. The van der Waals surface area contributed by atoms with Crippen molar-refractivity contribution in [3.05, 3.63) is 23.3 Å². The fourth-order valence-electron chi connectivity index (χ4n) is 7.23. The van der Waals surface area contributed by atoms with Gasteiger partial charge in [-0.05, 0) is 92.0 Å². The Morgan fingerprint density at radius 1 is 1.05 bits per heavy atom. The number of phenolic OH excluding ortho intramolecular Hbond substituents is 1. The molecule has 1 aliphatic heterocycles. The first kappa shape index (κ1) is 32.5. The first-order valence-electron chi connectivity index (χ1n) is 16.2. The number of unbranched alkanes of at least 4 members (excludes halogenated alkanes) is 1. The van der Waals surface area contributed by atoms with Crippen LogP contribution in [0.25, 0.3) is 0 Å². The van der Waals surface area contributed by atoms with E-state index in [1.807, 2.05) is 0 Å². The van der Waals surface area contributed by atoms with Crippen LogP contribution in [-0.4, -0.2) is 59.3 Å². The SMILES string of the molecule is COc1cc2c(cc1O)[C@@H]([C@H](CO)CCC(C)C)C#C[C@H]([C@H](O)CCCC[C@H]1CN[C@@H]3CC(=O)CC[C@@H]3C1)C(=O)CC2. The standard InChI is InChI=1S/C35H51NO6/c1-22(2)8-9-26(21-37)28-13-14-29(33(40)15-11-24-17-35(42-3)34(41)19-30(24)28)32(39)7-5-4-6-23-16-25-10-12-27(38)18-31(25)36-20-23/h17,19,22-23,25-26,28-29,31-32,36-37,39,41H,4-12,15-16,18,20-21H2,1-3H3/t23-,25-,26+,28-,29-,31-,32-/m1/s1. The molecule has 0 radical (unpaired) electrons. The number of hydrogen-bond acceptors (Lipinski definition) is 7. The molecule has 0 spiro atoms. The number of piperidine rings is 1. The first-order chi connectivity index (χ1) is 20.2. The van der Waals surface area contributed by atoms with Crippen molar-refractivity contribution in [1.29, 1.82) is 0 Å². The van der Waals surface area contributed by atoms with Gasteiger partial charge in [0, 0.05) is 31.9 Å². The third kappa shape index (κ3) is 8.36. The van der Waals surface area contributed by atoms with Crippen LogP contribution in [0.5, 0.6) is 11.5 Å². The number of aliphatic hydroxyl groups excluding tert-OH is 2. The zero-order valence-electron chi connectivity index (χ0n) is 25.7. The lowest BCUT2D eigenvalue weighted by atomic mass is 9.74. The lowest BCUT2D eigenvalue weighted by Gasteiger charge is -2.39. The van der Waals surface area contributed by atoms with E-state index in [0.29, 0.717) is 54.6 Å². The molecule has 0 bridgehead atoms. The van der Waals surface area contributed by atoms with Gasteiger partial charge in [-0.2, -0.15) is 0 Å². The summed E-state index contributed by atoms with van der Waals surface area (Å²) in [5.41, 5.74) is 1.72.